The molecule has 2 aromatic rings. The number of sulfonamides is 1. The van der Waals surface area contributed by atoms with E-state index in [1.54, 1.807) is 12.1 Å². The first-order chi connectivity index (χ1) is 12.4. The smallest absolute Gasteiger partial charge is 0.251 e. The second-order valence-corrected chi connectivity index (χ2v) is 7.78. The van der Waals surface area contributed by atoms with Crippen LogP contribution in [0.2, 0.25) is 0 Å². The van der Waals surface area contributed by atoms with Crippen LogP contribution in [0.3, 0.4) is 0 Å². The molecular formula is C18H19FN2O4S. The average molecular weight is 378 g/mol. The monoisotopic (exact) mass is 378 g/mol. The van der Waals surface area contributed by atoms with E-state index < -0.39 is 15.8 Å². The van der Waals surface area contributed by atoms with Gasteiger partial charge in [-0.2, -0.15) is 0 Å². The van der Waals surface area contributed by atoms with Crippen LogP contribution in [0.15, 0.2) is 41.3 Å². The van der Waals surface area contributed by atoms with Gasteiger partial charge in [-0.25, -0.2) is 17.5 Å². The second kappa shape index (κ2) is 7.53. The zero-order valence-electron chi connectivity index (χ0n) is 14.2. The third-order valence-corrected chi connectivity index (χ3v) is 5.59. The van der Waals surface area contributed by atoms with Gasteiger partial charge in [0.25, 0.3) is 5.91 Å². The molecule has 2 N–H and O–H groups in total. The Balaban J connectivity index is 1.78. The molecule has 26 heavy (non-hydrogen) atoms. The van der Waals surface area contributed by atoms with Crippen molar-refractivity contribution in [1.82, 2.24) is 10.0 Å². The number of carbonyl (C=O) groups excluding carboxylic acids is 1. The van der Waals surface area contributed by atoms with Gasteiger partial charge in [0.2, 0.25) is 10.0 Å². The van der Waals surface area contributed by atoms with E-state index in [0.29, 0.717) is 29.7 Å². The molecule has 2 aromatic carbocycles. The van der Waals surface area contributed by atoms with E-state index in [0.717, 1.165) is 5.56 Å². The van der Waals surface area contributed by atoms with Gasteiger partial charge in [0.15, 0.2) is 0 Å². The zero-order chi connectivity index (χ0) is 18.7. The van der Waals surface area contributed by atoms with Crippen LogP contribution in [0.25, 0.3) is 0 Å². The van der Waals surface area contributed by atoms with Gasteiger partial charge in [0, 0.05) is 31.3 Å². The normalized spacial score (nSPS) is 14.0. The van der Waals surface area contributed by atoms with Gasteiger partial charge in [-0.1, -0.05) is 12.1 Å². The van der Waals surface area contributed by atoms with Crippen molar-refractivity contribution in [2.24, 2.45) is 0 Å². The Kier molecular flexibility index (Phi) is 5.36. The summed E-state index contributed by atoms with van der Waals surface area (Å²) < 4.78 is 46.1. The fraction of sp³-hybridized carbons (Fsp3) is 0.278. The van der Waals surface area contributed by atoms with Gasteiger partial charge in [-0.15, -0.1) is 0 Å². The summed E-state index contributed by atoms with van der Waals surface area (Å²) in [6.07, 6.45) is 0.673. The van der Waals surface area contributed by atoms with E-state index in [-0.39, 0.29) is 24.0 Å². The van der Waals surface area contributed by atoms with E-state index in [1.165, 1.54) is 31.4 Å². The van der Waals surface area contributed by atoms with Gasteiger partial charge in [0.1, 0.15) is 5.82 Å². The molecule has 1 heterocycles. The molecule has 1 amide bonds. The largest absolute Gasteiger partial charge is 0.380 e. The molecule has 0 aliphatic carbocycles. The van der Waals surface area contributed by atoms with Crippen molar-refractivity contribution < 1.29 is 22.3 Å². The summed E-state index contributed by atoms with van der Waals surface area (Å²) in [4.78, 5) is 11.9. The minimum absolute atomic E-state index is 0.00259. The van der Waals surface area contributed by atoms with Crippen molar-refractivity contribution in [2.75, 3.05) is 13.7 Å². The highest BCUT2D eigenvalue weighted by Crippen LogP contribution is 2.19. The van der Waals surface area contributed by atoms with E-state index in [4.69, 9.17) is 4.74 Å². The summed E-state index contributed by atoms with van der Waals surface area (Å²) in [6, 6.07) is 8.88. The predicted octanol–water partition coefficient (Wildman–Crippen LogP) is 1.74. The third kappa shape index (κ3) is 3.92. The van der Waals surface area contributed by atoms with E-state index in [2.05, 4.69) is 10.0 Å². The van der Waals surface area contributed by atoms with Gasteiger partial charge in [-0.3, -0.25) is 4.79 Å². The highest BCUT2D eigenvalue weighted by Gasteiger charge is 2.21. The van der Waals surface area contributed by atoms with Gasteiger partial charge >= 0.3 is 0 Å². The third-order valence-electron chi connectivity index (χ3n) is 4.19. The zero-order valence-corrected chi connectivity index (χ0v) is 15.0. The van der Waals surface area contributed by atoms with E-state index in [9.17, 15) is 17.6 Å². The number of carbonyl (C=O) groups is 1. The van der Waals surface area contributed by atoms with Crippen molar-refractivity contribution in [3.8, 4) is 0 Å². The molecule has 0 saturated carbocycles. The number of hydrogen-bond acceptors (Lipinski definition) is 4. The van der Waals surface area contributed by atoms with Crippen LogP contribution in [0, 0.1) is 5.82 Å². The van der Waals surface area contributed by atoms with Crippen LogP contribution in [-0.4, -0.2) is 28.0 Å². The number of amides is 1. The molecule has 1 aliphatic rings. The van der Waals surface area contributed by atoms with Crippen LogP contribution in [0.4, 0.5) is 4.39 Å². The first kappa shape index (κ1) is 18.5. The van der Waals surface area contributed by atoms with Crippen molar-refractivity contribution in [3.05, 3.63) is 64.5 Å². The maximum Gasteiger partial charge on any atom is 0.251 e. The van der Waals surface area contributed by atoms with Crippen molar-refractivity contribution in [3.63, 3.8) is 0 Å². The lowest BCUT2D eigenvalue weighted by atomic mass is 10.0. The molecule has 1 aliphatic heterocycles. The molecule has 0 spiro atoms. The molecule has 0 radical (unpaired) electrons. The van der Waals surface area contributed by atoms with Crippen LogP contribution in [-0.2, 0) is 34.3 Å². The number of nitrogens with one attached hydrogen (secondary N) is 2. The number of hydrogen-bond donors (Lipinski definition) is 2. The number of rotatable bonds is 6. The van der Waals surface area contributed by atoms with Crippen LogP contribution in [0.5, 0.6) is 0 Å². The van der Waals surface area contributed by atoms with Crippen LogP contribution in [0.1, 0.15) is 27.0 Å². The lowest BCUT2D eigenvalue weighted by Gasteiger charge is -2.17. The lowest BCUT2D eigenvalue weighted by molar-refractivity contribution is 0.0945. The predicted molar refractivity (Wildman–Crippen MR) is 93.6 cm³/mol. The van der Waals surface area contributed by atoms with E-state index in [1.807, 2.05) is 0 Å². The minimum Gasteiger partial charge on any atom is -0.380 e. The Bertz CT molecular complexity index is 944. The van der Waals surface area contributed by atoms with Crippen molar-refractivity contribution in [1.29, 1.82) is 0 Å². The molecule has 0 aromatic heterocycles. The summed E-state index contributed by atoms with van der Waals surface area (Å²) in [5.74, 6) is -0.676. The number of ether oxygens (including phenoxy) is 1. The maximum absolute atomic E-state index is 13.6. The quantitative estimate of drug-likeness (QED) is 0.802. The summed E-state index contributed by atoms with van der Waals surface area (Å²) in [5.41, 5.74) is 2.17. The number of halogens is 1. The summed E-state index contributed by atoms with van der Waals surface area (Å²) in [7, 11) is -2.35. The fourth-order valence-corrected chi connectivity index (χ4v) is 3.87. The van der Waals surface area contributed by atoms with Gasteiger partial charge in [-0.05, 0) is 41.8 Å². The Morgan fingerprint density at radius 2 is 2.04 bits per heavy atom. The molecule has 0 atom stereocenters. The number of fused-ring (bicyclic) bond motifs is 1. The molecule has 8 heteroatoms. The van der Waals surface area contributed by atoms with Crippen molar-refractivity contribution >= 4 is 15.9 Å². The van der Waals surface area contributed by atoms with Gasteiger partial charge in [0.05, 0.1) is 11.5 Å². The van der Waals surface area contributed by atoms with Crippen LogP contribution >= 0.6 is 0 Å². The molecule has 0 unspecified atom stereocenters. The standard InChI is InChI=1S/C18H19FN2O4S/c1-25-11-14-8-12(2-5-17(14)19)10-21-26(23,24)15-4-3-13-6-7-20-18(22)16(13)9-15/h2-5,8-9,21H,6-7,10-11H2,1H3,(H,20,22). The van der Waals surface area contributed by atoms with Gasteiger partial charge < -0.3 is 10.1 Å². The molecule has 3 rings (SSSR count). The molecule has 0 bridgehead atoms. The Morgan fingerprint density at radius 3 is 2.81 bits per heavy atom. The highest BCUT2D eigenvalue weighted by molar-refractivity contribution is 7.89. The second-order valence-electron chi connectivity index (χ2n) is 6.01. The topological polar surface area (TPSA) is 84.5 Å². The van der Waals surface area contributed by atoms with E-state index >= 15 is 0 Å². The summed E-state index contributed by atoms with van der Waals surface area (Å²) in [6.45, 7) is 0.652. The first-order valence-corrected chi connectivity index (χ1v) is 9.56. The summed E-state index contributed by atoms with van der Waals surface area (Å²) >= 11 is 0. The number of methoxy groups -OCH3 is 1. The SMILES string of the molecule is COCc1cc(CNS(=O)(=O)c2ccc3c(c2)C(=O)NCC3)ccc1F. The Hall–Kier alpha value is -2.29. The molecule has 0 fully saturated rings. The number of benzene rings is 2. The molecule has 6 nitrogen and oxygen atoms in total. The van der Waals surface area contributed by atoms with Crippen LogP contribution < -0.4 is 10.0 Å². The van der Waals surface area contributed by atoms with Crippen molar-refractivity contribution in [2.45, 2.75) is 24.5 Å². The molecular weight excluding hydrogens is 359 g/mol. The highest BCUT2D eigenvalue weighted by atomic mass is 32.2. The lowest BCUT2D eigenvalue weighted by Crippen LogP contribution is -2.32. The minimum atomic E-state index is -3.81. The average Bonchev–Trinajstić information content (AvgIpc) is 2.63. The molecule has 0 saturated heterocycles. The first-order valence-electron chi connectivity index (χ1n) is 8.08. The Morgan fingerprint density at radius 1 is 1.23 bits per heavy atom. The summed E-state index contributed by atoms with van der Waals surface area (Å²) in [5, 5.41) is 2.70. The Labute approximate surface area is 151 Å². The molecule has 138 valence electrons. The maximum atomic E-state index is 13.6. The fourth-order valence-electron chi connectivity index (χ4n) is 2.82.